The Bertz CT molecular complexity index is 492. The molecule has 2 rings (SSSR count). The second-order valence-corrected chi connectivity index (χ2v) is 4.98. The molecule has 0 bridgehead atoms. The minimum absolute atomic E-state index is 0.232. The van der Waals surface area contributed by atoms with E-state index in [-0.39, 0.29) is 5.91 Å². The SMILES string of the molecule is Cn1cc(NC(=O)c2csc(Br)n2)cn1. The molecule has 5 nitrogen and oxygen atoms in total. The van der Waals surface area contributed by atoms with Gasteiger partial charge in [-0.25, -0.2) is 4.98 Å². The molecule has 1 amide bonds. The topological polar surface area (TPSA) is 59.8 Å². The lowest BCUT2D eigenvalue weighted by Crippen LogP contribution is -2.11. The first-order valence-corrected chi connectivity index (χ1v) is 5.73. The van der Waals surface area contributed by atoms with Gasteiger partial charge in [0.2, 0.25) is 0 Å². The first-order valence-electron chi connectivity index (χ1n) is 4.06. The highest BCUT2D eigenvalue weighted by molar-refractivity contribution is 9.11. The summed E-state index contributed by atoms with van der Waals surface area (Å²) < 4.78 is 2.31. The zero-order valence-corrected chi connectivity index (χ0v) is 10.2. The van der Waals surface area contributed by atoms with Crippen molar-refractivity contribution in [1.82, 2.24) is 14.8 Å². The van der Waals surface area contributed by atoms with E-state index in [1.54, 1.807) is 29.5 Å². The van der Waals surface area contributed by atoms with Crippen molar-refractivity contribution in [1.29, 1.82) is 0 Å². The average molecular weight is 287 g/mol. The summed E-state index contributed by atoms with van der Waals surface area (Å²) in [6.45, 7) is 0. The Hall–Kier alpha value is -1.21. The van der Waals surface area contributed by atoms with Crippen molar-refractivity contribution >= 4 is 38.9 Å². The molecule has 0 saturated heterocycles. The van der Waals surface area contributed by atoms with E-state index in [4.69, 9.17) is 0 Å². The predicted octanol–water partition coefficient (Wildman–Crippen LogP) is 1.89. The number of carbonyl (C=O) groups is 1. The van der Waals surface area contributed by atoms with E-state index in [1.807, 2.05) is 0 Å². The van der Waals surface area contributed by atoms with E-state index < -0.39 is 0 Å². The van der Waals surface area contributed by atoms with Gasteiger partial charge in [0.25, 0.3) is 5.91 Å². The monoisotopic (exact) mass is 286 g/mol. The molecule has 0 fully saturated rings. The van der Waals surface area contributed by atoms with Crippen molar-refractivity contribution in [2.24, 2.45) is 7.05 Å². The Morgan fingerprint density at radius 1 is 1.67 bits per heavy atom. The van der Waals surface area contributed by atoms with Gasteiger partial charge in [-0.15, -0.1) is 11.3 Å². The highest BCUT2D eigenvalue weighted by Gasteiger charge is 2.10. The van der Waals surface area contributed by atoms with Crippen molar-refractivity contribution < 1.29 is 4.79 Å². The molecule has 0 aliphatic rings. The Kier molecular flexibility index (Phi) is 2.83. The summed E-state index contributed by atoms with van der Waals surface area (Å²) in [5, 5.41) is 8.33. The number of hydrogen-bond acceptors (Lipinski definition) is 4. The second-order valence-electron chi connectivity index (χ2n) is 2.84. The van der Waals surface area contributed by atoms with Crippen LogP contribution in [0.3, 0.4) is 0 Å². The van der Waals surface area contributed by atoms with Crippen molar-refractivity contribution in [2.45, 2.75) is 0 Å². The smallest absolute Gasteiger partial charge is 0.275 e. The van der Waals surface area contributed by atoms with Gasteiger partial charge in [-0.1, -0.05) is 0 Å². The summed E-state index contributed by atoms with van der Waals surface area (Å²) in [6, 6.07) is 0. The summed E-state index contributed by atoms with van der Waals surface area (Å²) in [6.07, 6.45) is 3.30. The first kappa shape index (κ1) is 10.3. The number of amides is 1. The van der Waals surface area contributed by atoms with Gasteiger partial charge < -0.3 is 5.32 Å². The molecule has 2 heterocycles. The van der Waals surface area contributed by atoms with Crippen LogP contribution in [0.2, 0.25) is 0 Å². The molecule has 7 heteroatoms. The molecule has 0 spiro atoms. The number of aryl methyl sites for hydroxylation is 1. The molecule has 78 valence electrons. The van der Waals surface area contributed by atoms with E-state index >= 15 is 0 Å². The molecule has 0 aliphatic carbocycles. The first-order chi connectivity index (χ1) is 7.15. The molecule has 0 unspecified atom stereocenters. The molecule has 2 aromatic heterocycles. The van der Waals surface area contributed by atoms with Crippen LogP contribution < -0.4 is 5.32 Å². The molecular formula is C8H7BrN4OS. The molecule has 0 aliphatic heterocycles. The van der Waals surface area contributed by atoms with Crippen LogP contribution in [-0.4, -0.2) is 20.7 Å². The largest absolute Gasteiger partial charge is 0.318 e. The van der Waals surface area contributed by atoms with Crippen LogP contribution in [0.25, 0.3) is 0 Å². The van der Waals surface area contributed by atoms with Crippen LogP contribution in [0.1, 0.15) is 10.5 Å². The highest BCUT2D eigenvalue weighted by Crippen LogP contribution is 2.16. The highest BCUT2D eigenvalue weighted by atomic mass is 79.9. The van der Waals surface area contributed by atoms with E-state index in [1.165, 1.54) is 11.3 Å². The van der Waals surface area contributed by atoms with Gasteiger partial charge in [0.15, 0.2) is 3.92 Å². The molecular weight excluding hydrogens is 280 g/mol. The fourth-order valence-electron chi connectivity index (χ4n) is 1.04. The van der Waals surface area contributed by atoms with E-state index in [2.05, 4.69) is 31.3 Å². The Labute approximate surface area is 98.3 Å². The van der Waals surface area contributed by atoms with Crippen molar-refractivity contribution in [2.75, 3.05) is 5.32 Å². The second kappa shape index (κ2) is 4.11. The molecule has 0 radical (unpaired) electrons. The van der Waals surface area contributed by atoms with Gasteiger partial charge in [-0.05, 0) is 15.9 Å². The molecule has 0 atom stereocenters. The van der Waals surface area contributed by atoms with Crippen LogP contribution in [-0.2, 0) is 7.05 Å². The van der Waals surface area contributed by atoms with Gasteiger partial charge in [0.1, 0.15) is 5.69 Å². The third kappa shape index (κ3) is 2.42. The third-order valence-corrected chi connectivity index (χ3v) is 3.04. The molecule has 0 aromatic carbocycles. The Morgan fingerprint density at radius 2 is 2.47 bits per heavy atom. The lowest BCUT2D eigenvalue weighted by molar-refractivity contribution is 0.102. The quantitative estimate of drug-likeness (QED) is 0.917. The summed E-state index contributed by atoms with van der Waals surface area (Å²) >= 11 is 4.57. The van der Waals surface area contributed by atoms with Gasteiger partial charge in [-0.3, -0.25) is 9.48 Å². The number of rotatable bonds is 2. The van der Waals surface area contributed by atoms with E-state index in [0.29, 0.717) is 15.3 Å². The van der Waals surface area contributed by atoms with Gasteiger partial charge in [-0.2, -0.15) is 5.10 Å². The van der Waals surface area contributed by atoms with Gasteiger partial charge >= 0.3 is 0 Å². The van der Waals surface area contributed by atoms with Crippen molar-refractivity contribution in [3.63, 3.8) is 0 Å². The summed E-state index contributed by atoms with van der Waals surface area (Å²) in [4.78, 5) is 15.6. The maximum absolute atomic E-state index is 11.6. The molecule has 2 aromatic rings. The normalized spacial score (nSPS) is 10.3. The standard InChI is InChI=1S/C8H7BrN4OS/c1-13-3-5(2-10-13)11-7(14)6-4-15-8(9)12-6/h2-4H,1H3,(H,11,14). The average Bonchev–Trinajstić information content (AvgIpc) is 2.75. The zero-order chi connectivity index (χ0) is 10.8. The van der Waals surface area contributed by atoms with E-state index in [9.17, 15) is 4.79 Å². The number of nitrogens with one attached hydrogen (secondary N) is 1. The van der Waals surface area contributed by atoms with Gasteiger partial charge in [0.05, 0.1) is 11.9 Å². The predicted molar refractivity (Wildman–Crippen MR) is 61.0 cm³/mol. The van der Waals surface area contributed by atoms with Crippen LogP contribution >= 0.6 is 27.3 Å². The number of nitrogens with zero attached hydrogens (tertiary/aromatic N) is 3. The minimum atomic E-state index is -0.232. The maximum Gasteiger partial charge on any atom is 0.275 e. The summed E-state index contributed by atoms with van der Waals surface area (Å²) in [5.41, 5.74) is 1.06. The van der Waals surface area contributed by atoms with Crippen LogP contribution in [0.15, 0.2) is 21.7 Å². The van der Waals surface area contributed by atoms with Crippen LogP contribution in [0.4, 0.5) is 5.69 Å². The maximum atomic E-state index is 11.6. The summed E-state index contributed by atoms with van der Waals surface area (Å²) in [5.74, 6) is -0.232. The molecule has 1 N–H and O–H groups in total. The third-order valence-electron chi connectivity index (χ3n) is 1.67. The van der Waals surface area contributed by atoms with Gasteiger partial charge in [0, 0.05) is 18.6 Å². The van der Waals surface area contributed by atoms with Crippen LogP contribution in [0.5, 0.6) is 0 Å². The minimum Gasteiger partial charge on any atom is -0.318 e. The lowest BCUT2D eigenvalue weighted by Gasteiger charge is -1.97. The lowest BCUT2D eigenvalue weighted by atomic mass is 10.4. The van der Waals surface area contributed by atoms with E-state index in [0.717, 1.165) is 0 Å². The zero-order valence-electron chi connectivity index (χ0n) is 7.77. The fourth-order valence-corrected chi connectivity index (χ4v) is 2.03. The number of aromatic nitrogens is 3. The Balaban J connectivity index is 2.10. The number of anilines is 1. The number of hydrogen-bond donors (Lipinski definition) is 1. The molecule has 15 heavy (non-hydrogen) atoms. The summed E-state index contributed by atoms with van der Waals surface area (Å²) in [7, 11) is 1.79. The van der Waals surface area contributed by atoms with Crippen molar-refractivity contribution in [3.8, 4) is 0 Å². The number of thiazole rings is 1. The van der Waals surface area contributed by atoms with Crippen molar-refractivity contribution in [3.05, 3.63) is 27.4 Å². The number of carbonyl (C=O) groups excluding carboxylic acids is 1. The molecule has 0 saturated carbocycles. The Morgan fingerprint density at radius 3 is 3.00 bits per heavy atom. The fraction of sp³-hybridized carbons (Fsp3) is 0.125. The number of halogens is 1. The van der Waals surface area contributed by atoms with Crippen LogP contribution in [0, 0.1) is 0 Å².